The van der Waals surface area contributed by atoms with Gasteiger partial charge in [-0.15, -0.1) is 12.4 Å². The smallest absolute Gasteiger partial charge is 0.260 e. The van der Waals surface area contributed by atoms with Crippen molar-refractivity contribution in [3.8, 4) is 0 Å². The molecule has 0 atom stereocenters. The van der Waals surface area contributed by atoms with E-state index in [1.807, 2.05) is 0 Å². The van der Waals surface area contributed by atoms with E-state index >= 15 is 0 Å². The SMILES string of the molecule is CS(=O)(=O)c1ccc2nc(N(CCN3CCOCC3)C(=O)c3ccc(F)cc3)sc2c1.Cl. The van der Waals surface area contributed by atoms with Crippen LogP contribution < -0.4 is 4.90 Å². The van der Waals surface area contributed by atoms with Crippen LogP contribution in [0.1, 0.15) is 10.4 Å². The molecule has 7 nitrogen and oxygen atoms in total. The third kappa shape index (κ3) is 5.62. The minimum absolute atomic E-state index is 0. The zero-order chi connectivity index (χ0) is 22.0. The number of hydrogen-bond acceptors (Lipinski definition) is 7. The van der Waals surface area contributed by atoms with Gasteiger partial charge in [-0.05, 0) is 42.5 Å². The fourth-order valence-corrected chi connectivity index (χ4v) is 5.09. The molecule has 1 aromatic heterocycles. The highest BCUT2D eigenvalue weighted by molar-refractivity contribution is 7.90. The number of nitrogens with zero attached hydrogens (tertiary/aromatic N) is 3. The number of benzene rings is 2. The molecule has 0 aliphatic carbocycles. The molecule has 0 bridgehead atoms. The van der Waals surface area contributed by atoms with Crippen LogP contribution in [0.4, 0.5) is 9.52 Å². The second kappa shape index (κ2) is 10.2. The van der Waals surface area contributed by atoms with E-state index in [1.165, 1.54) is 41.7 Å². The molecule has 0 saturated carbocycles. The average Bonchev–Trinajstić information content (AvgIpc) is 3.17. The first kappa shape index (κ1) is 24.5. The molecular formula is C21H23ClFN3O4S2. The van der Waals surface area contributed by atoms with Crippen molar-refractivity contribution in [2.45, 2.75) is 4.90 Å². The predicted molar refractivity (Wildman–Crippen MR) is 125 cm³/mol. The van der Waals surface area contributed by atoms with E-state index in [0.29, 0.717) is 47.2 Å². The third-order valence-corrected chi connectivity index (χ3v) is 7.24. The van der Waals surface area contributed by atoms with Crippen LogP contribution in [0.15, 0.2) is 47.4 Å². The Morgan fingerprint density at radius 2 is 1.88 bits per heavy atom. The lowest BCUT2D eigenvalue weighted by Gasteiger charge is -2.29. The van der Waals surface area contributed by atoms with Gasteiger partial charge in [0.25, 0.3) is 5.91 Å². The molecule has 32 heavy (non-hydrogen) atoms. The maximum Gasteiger partial charge on any atom is 0.260 e. The highest BCUT2D eigenvalue weighted by atomic mass is 35.5. The first-order valence-electron chi connectivity index (χ1n) is 9.79. The Balaban J connectivity index is 0.00000289. The lowest BCUT2D eigenvalue weighted by molar-refractivity contribution is 0.0391. The number of thiazole rings is 1. The second-order valence-electron chi connectivity index (χ2n) is 7.32. The van der Waals surface area contributed by atoms with Crippen molar-refractivity contribution in [2.24, 2.45) is 0 Å². The first-order valence-corrected chi connectivity index (χ1v) is 12.5. The molecule has 0 unspecified atom stereocenters. The summed E-state index contributed by atoms with van der Waals surface area (Å²) >= 11 is 1.26. The minimum Gasteiger partial charge on any atom is -0.379 e. The Morgan fingerprint density at radius 1 is 1.19 bits per heavy atom. The Bertz CT molecular complexity index is 1200. The maximum absolute atomic E-state index is 13.3. The van der Waals surface area contributed by atoms with Crippen LogP contribution in [-0.4, -0.2) is 69.9 Å². The number of hydrogen-bond donors (Lipinski definition) is 0. The van der Waals surface area contributed by atoms with Gasteiger partial charge in [0.05, 0.1) is 28.3 Å². The summed E-state index contributed by atoms with van der Waals surface area (Å²) in [6.07, 6.45) is 1.16. The molecule has 11 heteroatoms. The quantitative estimate of drug-likeness (QED) is 0.518. The van der Waals surface area contributed by atoms with E-state index < -0.39 is 15.7 Å². The number of morpholine rings is 1. The van der Waals surface area contributed by atoms with Crippen LogP contribution in [0.5, 0.6) is 0 Å². The van der Waals surface area contributed by atoms with Crippen LogP contribution in [-0.2, 0) is 14.6 Å². The number of amides is 1. The van der Waals surface area contributed by atoms with Crippen LogP contribution in [0.3, 0.4) is 0 Å². The van der Waals surface area contributed by atoms with Crippen molar-refractivity contribution in [1.29, 1.82) is 0 Å². The molecule has 1 aliphatic heterocycles. The third-order valence-electron chi connectivity index (χ3n) is 5.09. The van der Waals surface area contributed by atoms with Crippen molar-refractivity contribution < 1.29 is 22.3 Å². The fraction of sp³-hybridized carbons (Fsp3) is 0.333. The Hall–Kier alpha value is -2.11. The van der Waals surface area contributed by atoms with Gasteiger partial charge in [0, 0.05) is 38.0 Å². The Kier molecular flexibility index (Phi) is 7.84. The average molecular weight is 500 g/mol. The Labute approximate surface area is 196 Å². The van der Waals surface area contributed by atoms with E-state index in [-0.39, 0.29) is 23.2 Å². The monoisotopic (exact) mass is 499 g/mol. The van der Waals surface area contributed by atoms with E-state index in [9.17, 15) is 17.6 Å². The number of ether oxygens (including phenoxy) is 1. The van der Waals surface area contributed by atoms with E-state index in [2.05, 4.69) is 9.88 Å². The van der Waals surface area contributed by atoms with Crippen LogP contribution in [0, 0.1) is 5.82 Å². The summed E-state index contributed by atoms with van der Waals surface area (Å²) in [5, 5.41) is 0.475. The van der Waals surface area contributed by atoms with Crippen molar-refractivity contribution in [2.75, 3.05) is 50.5 Å². The molecule has 2 heterocycles. The zero-order valence-corrected chi connectivity index (χ0v) is 19.8. The highest BCUT2D eigenvalue weighted by Gasteiger charge is 2.23. The van der Waals surface area contributed by atoms with Crippen LogP contribution in [0.25, 0.3) is 10.2 Å². The topological polar surface area (TPSA) is 79.8 Å². The number of aromatic nitrogens is 1. The summed E-state index contributed by atoms with van der Waals surface area (Å²) in [4.78, 5) is 21.8. The predicted octanol–water partition coefficient (Wildman–Crippen LogP) is 3.24. The fourth-order valence-electron chi connectivity index (χ4n) is 3.34. The number of halogens is 2. The van der Waals surface area contributed by atoms with E-state index in [1.54, 1.807) is 17.0 Å². The molecular weight excluding hydrogens is 477 g/mol. The van der Waals surface area contributed by atoms with Crippen molar-refractivity contribution in [3.63, 3.8) is 0 Å². The summed E-state index contributed by atoms with van der Waals surface area (Å²) in [7, 11) is -3.35. The van der Waals surface area contributed by atoms with Crippen LogP contribution >= 0.6 is 23.7 Å². The first-order chi connectivity index (χ1) is 14.8. The van der Waals surface area contributed by atoms with Gasteiger partial charge in [-0.2, -0.15) is 0 Å². The number of fused-ring (bicyclic) bond motifs is 1. The number of carbonyl (C=O) groups is 1. The minimum atomic E-state index is -3.35. The van der Waals surface area contributed by atoms with Gasteiger partial charge in [-0.25, -0.2) is 17.8 Å². The van der Waals surface area contributed by atoms with Crippen LogP contribution in [0.2, 0.25) is 0 Å². The molecule has 0 N–H and O–H groups in total. The van der Waals surface area contributed by atoms with Crippen molar-refractivity contribution >= 4 is 54.8 Å². The standard InChI is InChI=1S/C21H22FN3O4S2.ClH/c1-31(27,28)17-6-7-18-19(14-17)30-21(23-18)25(9-8-24-10-12-29-13-11-24)20(26)15-2-4-16(22)5-3-15;/h2-7,14H,8-13H2,1H3;1H. The number of carbonyl (C=O) groups excluding carboxylic acids is 1. The van der Waals surface area contributed by atoms with Gasteiger partial charge in [0.15, 0.2) is 15.0 Å². The molecule has 0 spiro atoms. The highest BCUT2D eigenvalue weighted by Crippen LogP contribution is 2.31. The molecule has 2 aromatic carbocycles. The molecule has 1 amide bonds. The molecule has 3 aromatic rings. The molecule has 0 radical (unpaired) electrons. The summed E-state index contributed by atoms with van der Waals surface area (Å²) in [5.41, 5.74) is 0.982. The summed E-state index contributed by atoms with van der Waals surface area (Å²) in [6, 6.07) is 10.2. The maximum atomic E-state index is 13.3. The number of rotatable bonds is 6. The summed E-state index contributed by atoms with van der Waals surface area (Å²) < 4.78 is 43.2. The van der Waals surface area contributed by atoms with Gasteiger partial charge in [-0.3, -0.25) is 14.6 Å². The van der Waals surface area contributed by atoms with Gasteiger partial charge in [-0.1, -0.05) is 11.3 Å². The lowest BCUT2D eigenvalue weighted by atomic mass is 10.2. The molecule has 172 valence electrons. The van der Waals surface area contributed by atoms with Crippen molar-refractivity contribution in [1.82, 2.24) is 9.88 Å². The summed E-state index contributed by atoms with van der Waals surface area (Å²) in [5.74, 6) is -0.694. The van der Waals surface area contributed by atoms with E-state index in [4.69, 9.17) is 4.74 Å². The summed E-state index contributed by atoms with van der Waals surface area (Å²) in [6.45, 7) is 3.92. The van der Waals surface area contributed by atoms with Gasteiger partial charge >= 0.3 is 0 Å². The zero-order valence-electron chi connectivity index (χ0n) is 17.4. The number of sulfone groups is 1. The molecule has 1 saturated heterocycles. The van der Waals surface area contributed by atoms with Crippen molar-refractivity contribution in [3.05, 3.63) is 53.8 Å². The normalized spacial score (nSPS) is 14.8. The largest absolute Gasteiger partial charge is 0.379 e. The molecule has 4 rings (SSSR count). The van der Waals surface area contributed by atoms with Gasteiger partial charge < -0.3 is 4.74 Å². The Morgan fingerprint density at radius 3 is 2.53 bits per heavy atom. The molecule has 1 aliphatic rings. The van der Waals surface area contributed by atoms with Gasteiger partial charge in [0.1, 0.15) is 5.82 Å². The lowest BCUT2D eigenvalue weighted by Crippen LogP contribution is -2.43. The van der Waals surface area contributed by atoms with E-state index in [0.717, 1.165) is 19.3 Å². The van der Waals surface area contributed by atoms with Gasteiger partial charge in [0.2, 0.25) is 0 Å². The molecule has 1 fully saturated rings. The second-order valence-corrected chi connectivity index (χ2v) is 10.3. The number of anilines is 1.